The lowest BCUT2D eigenvalue weighted by Crippen LogP contribution is -1.85. The quantitative estimate of drug-likeness (QED) is 0.270. The SMILES string of the molecule is Br.CCCCCCCCCCCCCCCCCCO.c1ccncc1. The van der Waals surface area contributed by atoms with Gasteiger partial charge in [0.05, 0.1) is 0 Å². The molecule has 0 saturated carbocycles. The molecule has 0 fully saturated rings. The monoisotopic (exact) mass is 429 g/mol. The van der Waals surface area contributed by atoms with Gasteiger partial charge < -0.3 is 5.11 Å². The zero-order chi connectivity index (χ0) is 18.3. The largest absolute Gasteiger partial charge is 0.396 e. The van der Waals surface area contributed by atoms with Crippen LogP contribution in [0.3, 0.4) is 0 Å². The van der Waals surface area contributed by atoms with Gasteiger partial charge in [-0.3, -0.25) is 4.98 Å². The number of aliphatic hydroxyl groups is 1. The summed E-state index contributed by atoms with van der Waals surface area (Å²) in [6.45, 7) is 2.66. The molecule has 1 rings (SSSR count). The predicted octanol–water partition coefficient (Wildman–Crippen LogP) is 7.90. The summed E-state index contributed by atoms with van der Waals surface area (Å²) in [5.74, 6) is 0. The van der Waals surface area contributed by atoms with Gasteiger partial charge in [-0.05, 0) is 18.6 Å². The van der Waals surface area contributed by atoms with Crippen molar-refractivity contribution in [1.82, 2.24) is 4.98 Å². The van der Waals surface area contributed by atoms with Crippen LogP contribution in [0.5, 0.6) is 0 Å². The molecule has 0 aromatic carbocycles. The number of unbranched alkanes of at least 4 members (excludes halogenated alkanes) is 15. The van der Waals surface area contributed by atoms with Crippen molar-refractivity contribution in [2.45, 2.75) is 110 Å². The topological polar surface area (TPSA) is 33.1 Å². The van der Waals surface area contributed by atoms with Crippen molar-refractivity contribution in [1.29, 1.82) is 0 Å². The predicted molar refractivity (Wildman–Crippen MR) is 121 cm³/mol. The molecule has 1 aromatic rings. The Balaban J connectivity index is 0. The number of pyridine rings is 1. The second-order valence-electron chi connectivity index (χ2n) is 7.05. The molecule has 1 N–H and O–H groups in total. The van der Waals surface area contributed by atoms with Gasteiger partial charge in [0.25, 0.3) is 0 Å². The van der Waals surface area contributed by atoms with Crippen LogP contribution in [-0.4, -0.2) is 16.7 Å². The van der Waals surface area contributed by atoms with E-state index in [4.69, 9.17) is 5.11 Å². The number of nitrogens with zero attached hydrogens (tertiary/aromatic N) is 1. The number of aliphatic hydroxyl groups excluding tert-OH is 1. The van der Waals surface area contributed by atoms with Gasteiger partial charge in [0.2, 0.25) is 0 Å². The van der Waals surface area contributed by atoms with Crippen molar-refractivity contribution in [2.24, 2.45) is 0 Å². The molecule has 3 heteroatoms. The molecular weight excluding hydrogens is 386 g/mol. The molecule has 0 unspecified atom stereocenters. The van der Waals surface area contributed by atoms with Gasteiger partial charge in [0, 0.05) is 19.0 Å². The summed E-state index contributed by atoms with van der Waals surface area (Å²) in [6, 6.07) is 5.72. The fourth-order valence-corrected chi connectivity index (χ4v) is 2.97. The average Bonchev–Trinajstić information content (AvgIpc) is 2.67. The second kappa shape index (κ2) is 26.8. The van der Waals surface area contributed by atoms with E-state index in [9.17, 15) is 0 Å². The smallest absolute Gasteiger partial charge is 0.0431 e. The summed E-state index contributed by atoms with van der Waals surface area (Å²) in [5, 5.41) is 8.67. The Bertz CT molecular complexity index is 279. The minimum Gasteiger partial charge on any atom is -0.396 e. The van der Waals surface area contributed by atoms with E-state index in [0.29, 0.717) is 6.61 Å². The number of aromatic nitrogens is 1. The Labute approximate surface area is 174 Å². The van der Waals surface area contributed by atoms with E-state index in [0.717, 1.165) is 6.42 Å². The third kappa shape index (κ3) is 25.8. The van der Waals surface area contributed by atoms with E-state index in [1.54, 1.807) is 12.4 Å². The first-order chi connectivity index (χ1) is 12.4. The highest BCUT2D eigenvalue weighted by Gasteiger charge is 1.94. The fraction of sp³-hybridized carbons (Fsp3) is 0.783. The van der Waals surface area contributed by atoms with Gasteiger partial charge >= 0.3 is 0 Å². The average molecular weight is 431 g/mol. The van der Waals surface area contributed by atoms with E-state index in [1.807, 2.05) is 18.2 Å². The van der Waals surface area contributed by atoms with Gasteiger partial charge in [-0.1, -0.05) is 109 Å². The molecule has 0 aliphatic rings. The molecule has 0 radical (unpaired) electrons. The van der Waals surface area contributed by atoms with Crippen LogP contribution in [0.2, 0.25) is 0 Å². The normalized spacial score (nSPS) is 9.92. The molecule has 0 amide bonds. The maximum Gasteiger partial charge on any atom is 0.0431 e. The van der Waals surface area contributed by atoms with Crippen LogP contribution in [-0.2, 0) is 0 Å². The van der Waals surface area contributed by atoms with Gasteiger partial charge in [-0.25, -0.2) is 0 Å². The Kier molecular flexibility index (Phi) is 28.7. The summed E-state index contributed by atoms with van der Waals surface area (Å²) < 4.78 is 0. The molecule has 1 aromatic heterocycles. The molecule has 0 aliphatic heterocycles. The van der Waals surface area contributed by atoms with Crippen LogP contribution < -0.4 is 0 Å². The van der Waals surface area contributed by atoms with E-state index in [2.05, 4.69) is 11.9 Å². The minimum atomic E-state index is 0. The molecule has 154 valence electrons. The van der Waals surface area contributed by atoms with E-state index in [1.165, 1.54) is 96.3 Å². The highest BCUT2D eigenvalue weighted by molar-refractivity contribution is 8.93. The molecule has 0 bridgehead atoms. The number of hydrogen-bond acceptors (Lipinski definition) is 2. The van der Waals surface area contributed by atoms with Crippen LogP contribution in [0.1, 0.15) is 110 Å². The number of rotatable bonds is 16. The Morgan fingerprint density at radius 3 is 1.12 bits per heavy atom. The van der Waals surface area contributed by atoms with Crippen LogP contribution in [0, 0.1) is 0 Å². The summed E-state index contributed by atoms with van der Waals surface area (Å²) in [6.07, 6.45) is 25.7. The first-order valence-corrected chi connectivity index (χ1v) is 10.9. The Hall–Kier alpha value is -0.410. The Morgan fingerprint density at radius 2 is 0.885 bits per heavy atom. The minimum absolute atomic E-state index is 0. The molecule has 0 aliphatic carbocycles. The third-order valence-electron chi connectivity index (χ3n) is 4.58. The molecule has 0 atom stereocenters. The maximum atomic E-state index is 8.67. The van der Waals surface area contributed by atoms with Gasteiger partial charge in [0.1, 0.15) is 0 Å². The lowest BCUT2D eigenvalue weighted by molar-refractivity contribution is 0.282. The van der Waals surface area contributed by atoms with Gasteiger partial charge in [-0.2, -0.15) is 0 Å². The molecule has 26 heavy (non-hydrogen) atoms. The molecule has 1 heterocycles. The zero-order valence-corrected chi connectivity index (χ0v) is 18.9. The fourth-order valence-electron chi connectivity index (χ4n) is 2.97. The summed E-state index contributed by atoms with van der Waals surface area (Å²) >= 11 is 0. The summed E-state index contributed by atoms with van der Waals surface area (Å²) in [5.41, 5.74) is 0. The second-order valence-corrected chi connectivity index (χ2v) is 7.05. The lowest BCUT2D eigenvalue weighted by Gasteiger charge is -2.03. The van der Waals surface area contributed by atoms with E-state index >= 15 is 0 Å². The first-order valence-electron chi connectivity index (χ1n) is 10.9. The van der Waals surface area contributed by atoms with Crippen molar-refractivity contribution in [2.75, 3.05) is 6.61 Å². The van der Waals surface area contributed by atoms with Crippen LogP contribution in [0.4, 0.5) is 0 Å². The van der Waals surface area contributed by atoms with Crippen molar-refractivity contribution >= 4 is 17.0 Å². The summed E-state index contributed by atoms with van der Waals surface area (Å²) in [4.78, 5) is 3.78. The standard InChI is InChI=1S/C18H38O.C5H5N.BrH/c1-2-3-4-5-6-7-8-9-10-11-12-13-14-15-16-17-18-19;1-2-4-6-5-3-1;/h19H,2-18H2,1H3;1-5H;1H. The zero-order valence-electron chi connectivity index (χ0n) is 17.2. The highest BCUT2D eigenvalue weighted by Crippen LogP contribution is 2.13. The van der Waals surface area contributed by atoms with Crippen molar-refractivity contribution in [3.05, 3.63) is 30.6 Å². The first kappa shape index (κ1) is 27.8. The maximum absolute atomic E-state index is 8.67. The van der Waals surface area contributed by atoms with Gasteiger partial charge in [0.15, 0.2) is 0 Å². The van der Waals surface area contributed by atoms with Crippen LogP contribution in [0.15, 0.2) is 30.6 Å². The Morgan fingerprint density at radius 1 is 0.538 bits per heavy atom. The molecular formula is C23H44BrNO. The highest BCUT2D eigenvalue weighted by atomic mass is 79.9. The lowest BCUT2D eigenvalue weighted by atomic mass is 10.0. The van der Waals surface area contributed by atoms with Crippen LogP contribution in [0.25, 0.3) is 0 Å². The molecule has 0 saturated heterocycles. The van der Waals surface area contributed by atoms with Crippen molar-refractivity contribution in [3.8, 4) is 0 Å². The number of hydrogen-bond donors (Lipinski definition) is 1. The van der Waals surface area contributed by atoms with Crippen molar-refractivity contribution < 1.29 is 5.11 Å². The summed E-state index contributed by atoms with van der Waals surface area (Å²) in [7, 11) is 0. The van der Waals surface area contributed by atoms with Crippen molar-refractivity contribution in [3.63, 3.8) is 0 Å². The number of halogens is 1. The molecule has 2 nitrogen and oxygen atoms in total. The van der Waals surface area contributed by atoms with E-state index < -0.39 is 0 Å². The third-order valence-corrected chi connectivity index (χ3v) is 4.58. The van der Waals surface area contributed by atoms with E-state index in [-0.39, 0.29) is 17.0 Å². The molecule has 0 spiro atoms. The van der Waals surface area contributed by atoms with Crippen LogP contribution >= 0.6 is 17.0 Å². The van der Waals surface area contributed by atoms with Gasteiger partial charge in [-0.15, -0.1) is 17.0 Å².